The fourth-order valence-corrected chi connectivity index (χ4v) is 2.96. The molecular weight excluding hydrogens is 404 g/mol. The number of benzene rings is 2. The summed E-state index contributed by atoms with van der Waals surface area (Å²) in [7, 11) is 0. The maximum absolute atomic E-state index is 12.4. The normalized spacial score (nSPS) is 11.5. The van der Waals surface area contributed by atoms with Crippen LogP contribution in [0.1, 0.15) is 17.2 Å². The third-order valence-electron chi connectivity index (χ3n) is 4.41. The highest BCUT2D eigenvalue weighted by atomic mass is 16.5. The van der Waals surface area contributed by atoms with Gasteiger partial charge in [0.2, 0.25) is 5.91 Å². The molecule has 1 atom stereocenters. The summed E-state index contributed by atoms with van der Waals surface area (Å²) in [5.74, 6) is -2.15. The molecule has 0 saturated heterocycles. The highest BCUT2D eigenvalue weighted by molar-refractivity contribution is 5.90. The Hall–Kier alpha value is -4.14. The Morgan fingerprint density at radius 2 is 1.84 bits per heavy atom. The average molecular weight is 424 g/mol. The quantitative estimate of drug-likeness (QED) is 0.467. The minimum Gasteiger partial charge on any atom is -0.484 e. The Bertz CT molecular complexity index is 1170. The average Bonchev–Trinajstić information content (AvgIpc) is 2.74. The molecule has 0 aliphatic heterocycles. The van der Waals surface area contributed by atoms with Gasteiger partial charge in [0.15, 0.2) is 6.61 Å². The summed E-state index contributed by atoms with van der Waals surface area (Å²) in [6.07, 6.45) is 0. The third-order valence-corrected chi connectivity index (χ3v) is 4.41. The fraction of sp³-hybridized carbons (Fsp3) is 0.182. The van der Waals surface area contributed by atoms with Crippen LogP contribution in [0.2, 0.25) is 0 Å². The molecule has 160 valence electrons. The predicted molar refractivity (Wildman–Crippen MR) is 111 cm³/mol. The molecule has 2 amide bonds. The molecule has 0 saturated carbocycles. The Kier molecular flexibility index (Phi) is 6.66. The summed E-state index contributed by atoms with van der Waals surface area (Å²) in [5.41, 5.74) is 1.09. The van der Waals surface area contributed by atoms with Crippen LogP contribution in [0.4, 0.5) is 0 Å². The van der Waals surface area contributed by atoms with Gasteiger partial charge in [-0.3, -0.25) is 14.4 Å². The standard InChI is InChI=1S/C22H20N2O7/c1-13-9-20(28)31-17-10-15(7-8-16(13)17)30-12-18(25)24-21(14-5-3-2-4-6-14)22(29)23-11-19(26)27/h2-10,21H,11-12H2,1H3,(H,23,29)(H,24,25)(H,26,27). The van der Waals surface area contributed by atoms with Gasteiger partial charge in [0.25, 0.3) is 5.91 Å². The molecule has 0 fully saturated rings. The van der Waals surface area contributed by atoms with E-state index in [0.29, 0.717) is 16.9 Å². The molecule has 3 N–H and O–H groups in total. The summed E-state index contributed by atoms with van der Waals surface area (Å²) in [6, 6.07) is 13.6. The van der Waals surface area contributed by atoms with E-state index in [0.717, 1.165) is 10.9 Å². The molecule has 31 heavy (non-hydrogen) atoms. The molecule has 0 aliphatic rings. The maximum Gasteiger partial charge on any atom is 0.336 e. The van der Waals surface area contributed by atoms with Crippen molar-refractivity contribution < 1.29 is 28.6 Å². The SMILES string of the molecule is Cc1cc(=O)oc2cc(OCC(=O)NC(C(=O)NCC(=O)O)c3ccccc3)ccc12. The van der Waals surface area contributed by atoms with Crippen molar-refractivity contribution in [3.63, 3.8) is 0 Å². The second kappa shape index (κ2) is 9.57. The van der Waals surface area contributed by atoms with E-state index in [9.17, 15) is 19.2 Å². The number of ether oxygens (including phenoxy) is 1. The summed E-state index contributed by atoms with van der Waals surface area (Å²) < 4.78 is 10.6. The zero-order valence-electron chi connectivity index (χ0n) is 16.6. The Balaban J connectivity index is 1.69. The van der Waals surface area contributed by atoms with Gasteiger partial charge in [-0.05, 0) is 30.2 Å². The van der Waals surface area contributed by atoms with Crippen molar-refractivity contribution in [2.75, 3.05) is 13.2 Å². The van der Waals surface area contributed by atoms with Gasteiger partial charge in [-0.25, -0.2) is 4.79 Å². The lowest BCUT2D eigenvalue weighted by Crippen LogP contribution is -2.43. The Labute approximate surface area is 176 Å². The first-order valence-electron chi connectivity index (χ1n) is 9.34. The van der Waals surface area contributed by atoms with Gasteiger partial charge in [-0.1, -0.05) is 30.3 Å². The van der Waals surface area contributed by atoms with Gasteiger partial charge < -0.3 is 24.9 Å². The number of rotatable bonds is 8. The number of nitrogens with one attached hydrogen (secondary N) is 2. The second-order valence-electron chi connectivity index (χ2n) is 6.72. The number of carboxylic acid groups (broad SMARTS) is 1. The number of carbonyl (C=O) groups is 3. The lowest BCUT2D eigenvalue weighted by atomic mass is 10.1. The number of hydrogen-bond donors (Lipinski definition) is 3. The summed E-state index contributed by atoms with van der Waals surface area (Å²) in [6.45, 7) is 0.805. The van der Waals surface area contributed by atoms with Crippen molar-refractivity contribution in [3.8, 4) is 5.75 Å². The lowest BCUT2D eigenvalue weighted by molar-refractivity contribution is -0.138. The van der Waals surface area contributed by atoms with Crippen molar-refractivity contribution in [3.05, 3.63) is 76.1 Å². The number of hydrogen-bond acceptors (Lipinski definition) is 6. The van der Waals surface area contributed by atoms with E-state index in [-0.39, 0.29) is 0 Å². The summed E-state index contributed by atoms with van der Waals surface area (Å²) in [5, 5.41) is 14.3. The minimum atomic E-state index is -1.20. The van der Waals surface area contributed by atoms with Crippen molar-refractivity contribution in [1.29, 1.82) is 0 Å². The van der Waals surface area contributed by atoms with Gasteiger partial charge in [0.05, 0.1) is 0 Å². The van der Waals surface area contributed by atoms with E-state index in [4.69, 9.17) is 14.3 Å². The monoisotopic (exact) mass is 424 g/mol. The van der Waals surface area contributed by atoms with Gasteiger partial charge in [0, 0.05) is 17.5 Å². The van der Waals surface area contributed by atoms with Crippen LogP contribution in [-0.4, -0.2) is 36.0 Å². The number of aliphatic carboxylic acids is 1. The highest BCUT2D eigenvalue weighted by Gasteiger charge is 2.23. The second-order valence-corrected chi connectivity index (χ2v) is 6.72. The zero-order chi connectivity index (χ0) is 22.4. The molecule has 3 rings (SSSR count). The Morgan fingerprint density at radius 1 is 1.10 bits per heavy atom. The number of aryl methyl sites for hydroxylation is 1. The van der Waals surface area contributed by atoms with Crippen LogP contribution in [0.3, 0.4) is 0 Å². The van der Waals surface area contributed by atoms with Crippen LogP contribution in [-0.2, 0) is 14.4 Å². The first kappa shape index (κ1) is 21.6. The van der Waals surface area contributed by atoms with Crippen LogP contribution >= 0.6 is 0 Å². The lowest BCUT2D eigenvalue weighted by Gasteiger charge is -2.18. The molecule has 1 aromatic heterocycles. The number of carbonyl (C=O) groups excluding carboxylic acids is 2. The summed E-state index contributed by atoms with van der Waals surface area (Å²) in [4.78, 5) is 47.1. The van der Waals surface area contributed by atoms with Crippen LogP contribution in [0, 0.1) is 6.92 Å². The first-order valence-corrected chi connectivity index (χ1v) is 9.34. The molecule has 2 aromatic carbocycles. The molecule has 9 heteroatoms. The smallest absolute Gasteiger partial charge is 0.336 e. The number of carboxylic acids is 1. The minimum absolute atomic E-state index is 0.308. The van der Waals surface area contributed by atoms with E-state index in [1.165, 1.54) is 12.1 Å². The molecule has 9 nitrogen and oxygen atoms in total. The molecule has 0 bridgehead atoms. The Morgan fingerprint density at radius 3 is 2.55 bits per heavy atom. The van der Waals surface area contributed by atoms with E-state index >= 15 is 0 Å². The zero-order valence-corrected chi connectivity index (χ0v) is 16.6. The highest BCUT2D eigenvalue weighted by Crippen LogP contribution is 2.22. The molecule has 0 radical (unpaired) electrons. The van der Waals surface area contributed by atoms with E-state index in [1.807, 2.05) is 0 Å². The van der Waals surface area contributed by atoms with E-state index < -0.39 is 42.6 Å². The van der Waals surface area contributed by atoms with Crippen LogP contribution in [0.5, 0.6) is 5.75 Å². The molecule has 3 aromatic rings. The van der Waals surface area contributed by atoms with Crippen molar-refractivity contribution in [2.45, 2.75) is 13.0 Å². The number of amides is 2. The van der Waals surface area contributed by atoms with Crippen LogP contribution in [0.15, 0.2) is 63.8 Å². The predicted octanol–water partition coefficient (Wildman–Crippen LogP) is 1.54. The largest absolute Gasteiger partial charge is 0.484 e. The van der Waals surface area contributed by atoms with Gasteiger partial charge in [0.1, 0.15) is 23.9 Å². The summed E-state index contributed by atoms with van der Waals surface area (Å²) >= 11 is 0. The molecular formula is C22H20N2O7. The van der Waals surface area contributed by atoms with Crippen molar-refractivity contribution in [2.24, 2.45) is 0 Å². The first-order chi connectivity index (χ1) is 14.8. The van der Waals surface area contributed by atoms with Crippen LogP contribution in [0.25, 0.3) is 11.0 Å². The maximum atomic E-state index is 12.4. The van der Waals surface area contributed by atoms with Gasteiger partial charge >= 0.3 is 11.6 Å². The third kappa shape index (κ3) is 5.69. The van der Waals surface area contributed by atoms with Gasteiger partial charge in [-0.2, -0.15) is 0 Å². The van der Waals surface area contributed by atoms with E-state index in [1.54, 1.807) is 49.4 Å². The molecule has 0 aliphatic carbocycles. The van der Waals surface area contributed by atoms with Crippen LogP contribution < -0.4 is 21.0 Å². The molecule has 1 unspecified atom stereocenters. The van der Waals surface area contributed by atoms with E-state index in [2.05, 4.69) is 10.6 Å². The van der Waals surface area contributed by atoms with Gasteiger partial charge in [-0.15, -0.1) is 0 Å². The van der Waals surface area contributed by atoms with Crippen molar-refractivity contribution >= 4 is 28.8 Å². The molecule has 0 spiro atoms. The topological polar surface area (TPSA) is 135 Å². The number of fused-ring (bicyclic) bond motifs is 1. The molecule has 1 heterocycles. The van der Waals surface area contributed by atoms with Crippen molar-refractivity contribution in [1.82, 2.24) is 10.6 Å². The fourth-order valence-electron chi connectivity index (χ4n) is 2.96.